The molecule has 1 heterocycles. The zero-order chi connectivity index (χ0) is 13.0. The van der Waals surface area contributed by atoms with Gasteiger partial charge in [-0.05, 0) is 24.3 Å². The number of carbonyl (C=O) groups is 1. The number of rotatable bonds is 3. The van der Waals surface area contributed by atoms with Gasteiger partial charge in [0.1, 0.15) is 17.3 Å². The van der Waals surface area contributed by atoms with Crippen molar-refractivity contribution >= 4 is 11.6 Å². The zero-order valence-electron chi connectivity index (χ0n) is 9.15. The van der Waals surface area contributed by atoms with E-state index in [1.807, 2.05) is 0 Å². The van der Waals surface area contributed by atoms with Gasteiger partial charge in [-0.25, -0.2) is 8.78 Å². The van der Waals surface area contributed by atoms with Gasteiger partial charge in [0.15, 0.2) is 0 Å². The van der Waals surface area contributed by atoms with E-state index in [1.165, 1.54) is 12.3 Å². The van der Waals surface area contributed by atoms with E-state index in [0.717, 1.165) is 18.2 Å². The van der Waals surface area contributed by atoms with E-state index in [-0.39, 0.29) is 11.4 Å². The summed E-state index contributed by atoms with van der Waals surface area (Å²) >= 11 is 0. The molecule has 2 aromatic rings. The molecule has 0 unspecified atom stereocenters. The predicted molar refractivity (Wildman–Crippen MR) is 61.7 cm³/mol. The lowest BCUT2D eigenvalue weighted by Gasteiger charge is -2.08. The number of carbonyl (C=O) groups excluding carboxylic acids is 1. The van der Waals surface area contributed by atoms with Crippen LogP contribution < -0.4 is 10.9 Å². The van der Waals surface area contributed by atoms with Crippen molar-refractivity contribution in [2.24, 2.45) is 0 Å². The Morgan fingerprint density at radius 2 is 1.83 bits per heavy atom. The molecule has 0 radical (unpaired) electrons. The van der Waals surface area contributed by atoms with Gasteiger partial charge < -0.3 is 0 Å². The molecule has 4 nitrogen and oxygen atoms in total. The Labute approximate surface area is 102 Å². The summed E-state index contributed by atoms with van der Waals surface area (Å²) < 4.78 is 25.7. The summed E-state index contributed by atoms with van der Waals surface area (Å²) in [5, 5.41) is 0. The van der Waals surface area contributed by atoms with Gasteiger partial charge in [0, 0.05) is 12.3 Å². The van der Waals surface area contributed by atoms with Gasteiger partial charge in [0.05, 0.1) is 5.69 Å². The smallest absolute Gasteiger partial charge is 0.288 e. The Morgan fingerprint density at radius 3 is 2.44 bits per heavy atom. The maximum atomic E-state index is 12.9. The number of nitrogens with one attached hydrogen (secondary N) is 2. The second-order valence-corrected chi connectivity index (χ2v) is 3.45. The Bertz CT molecular complexity index is 540. The number of hydrogen-bond acceptors (Lipinski definition) is 3. The maximum Gasteiger partial charge on any atom is 0.288 e. The molecule has 0 saturated carbocycles. The fourth-order valence-electron chi connectivity index (χ4n) is 1.32. The number of nitrogens with zero attached hydrogens (tertiary/aromatic N) is 1. The van der Waals surface area contributed by atoms with E-state index in [4.69, 9.17) is 0 Å². The Morgan fingerprint density at radius 1 is 1.11 bits per heavy atom. The van der Waals surface area contributed by atoms with Crippen LogP contribution >= 0.6 is 0 Å². The van der Waals surface area contributed by atoms with E-state index in [9.17, 15) is 13.6 Å². The molecule has 0 fully saturated rings. The molecule has 0 saturated heterocycles. The zero-order valence-corrected chi connectivity index (χ0v) is 9.15. The summed E-state index contributed by atoms with van der Waals surface area (Å²) in [7, 11) is 0. The molecule has 2 N–H and O–H groups in total. The van der Waals surface area contributed by atoms with Crippen LogP contribution in [-0.4, -0.2) is 10.9 Å². The highest BCUT2D eigenvalue weighted by molar-refractivity contribution is 5.92. The molecule has 1 aromatic carbocycles. The van der Waals surface area contributed by atoms with Gasteiger partial charge in [-0.15, -0.1) is 0 Å². The number of amides is 1. The average molecular weight is 249 g/mol. The van der Waals surface area contributed by atoms with Gasteiger partial charge in [-0.3, -0.25) is 20.6 Å². The SMILES string of the molecule is O=C(NNc1cc(F)cc(F)c1)c1ccccn1. The van der Waals surface area contributed by atoms with Crippen LogP contribution in [0.15, 0.2) is 42.6 Å². The second-order valence-electron chi connectivity index (χ2n) is 3.45. The largest absolute Gasteiger partial charge is 0.298 e. The first-order valence-electron chi connectivity index (χ1n) is 5.08. The summed E-state index contributed by atoms with van der Waals surface area (Å²) in [6.45, 7) is 0. The normalized spacial score (nSPS) is 9.89. The van der Waals surface area contributed by atoms with Crippen molar-refractivity contribution in [3.63, 3.8) is 0 Å². The molecule has 0 spiro atoms. The number of benzene rings is 1. The minimum absolute atomic E-state index is 0.108. The predicted octanol–water partition coefficient (Wildman–Crippen LogP) is 2.12. The van der Waals surface area contributed by atoms with Gasteiger partial charge in [0.2, 0.25) is 0 Å². The molecule has 0 atom stereocenters. The lowest BCUT2D eigenvalue weighted by Crippen LogP contribution is -2.30. The van der Waals surface area contributed by atoms with Crippen molar-refractivity contribution in [3.05, 3.63) is 59.9 Å². The molecular formula is C12H9F2N3O. The molecule has 92 valence electrons. The monoisotopic (exact) mass is 249 g/mol. The van der Waals surface area contributed by atoms with E-state index in [1.54, 1.807) is 12.1 Å². The molecule has 2 rings (SSSR count). The molecule has 0 aliphatic rings. The molecule has 1 aromatic heterocycles. The Balaban J connectivity index is 2.02. The number of halogens is 2. The van der Waals surface area contributed by atoms with Crippen molar-refractivity contribution in [1.82, 2.24) is 10.4 Å². The Kier molecular flexibility index (Phi) is 3.47. The van der Waals surface area contributed by atoms with Crippen LogP contribution in [0.5, 0.6) is 0 Å². The van der Waals surface area contributed by atoms with Crippen molar-refractivity contribution in [2.45, 2.75) is 0 Å². The maximum absolute atomic E-state index is 12.9. The fraction of sp³-hybridized carbons (Fsp3) is 0. The van der Waals surface area contributed by atoms with E-state index in [2.05, 4.69) is 15.8 Å². The van der Waals surface area contributed by atoms with Crippen LogP contribution in [0.25, 0.3) is 0 Å². The summed E-state index contributed by atoms with van der Waals surface area (Å²) in [4.78, 5) is 15.4. The second kappa shape index (κ2) is 5.22. The van der Waals surface area contributed by atoms with E-state index < -0.39 is 17.5 Å². The van der Waals surface area contributed by atoms with Crippen LogP contribution in [0, 0.1) is 11.6 Å². The molecule has 18 heavy (non-hydrogen) atoms. The molecular weight excluding hydrogens is 240 g/mol. The van der Waals surface area contributed by atoms with Gasteiger partial charge in [-0.1, -0.05) is 6.07 Å². The van der Waals surface area contributed by atoms with Crippen molar-refractivity contribution < 1.29 is 13.6 Å². The van der Waals surface area contributed by atoms with Gasteiger partial charge in [0.25, 0.3) is 5.91 Å². The minimum Gasteiger partial charge on any atom is -0.298 e. The van der Waals surface area contributed by atoms with Gasteiger partial charge >= 0.3 is 0 Å². The third-order valence-corrected chi connectivity index (χ3v) is 2.08. The molecule has 0 aliphatic heterocycles. The number of hydrazine groups is 1. The first-order chi connectivity index (χ1) is 8.65. The third-order valence-electron chi connectivity index (χ3n) is 2.08. The topological polar surface area (TPSA) is 54.0 Å². The van der Waals surface area contributed by atoms with Crippen molar-refractivity contribution in [3.8, 4) is 0 Å². The molecule has 0 bridgehead atoms. The quantitative estimate of drug-likeness (QED) is 0.819. The van der Waals surface area contributed by atoms with Crippen molar-refractivity contribution in [2.75, 3.05) is 5.43 Å². The van der Waals surface area contributed by atoms with Crippen LogP contribution in [0.2, 0.25) is 0 Å². The summed E-state index contributed by atoms with van der Waals surface area (Å²) in [6, 6.07) is 7.70. The minimum atomic E-state index is -0.732. The Hall–Kier alpha value is -2.50. The molecule has 6 heteroatoms. The first-order valence-corrected chi connectivity index (χ1v) is 5.08. The summed E-state index contributed by atoms with van der Waals surface area (Å²) in [6.07, 6.45) is 1.47. The van der Waals surface area contributed by atoms with Crippen LogP contribution in [0.1, 0.15) is 10.5 Å². The van der Waals surface area contributed by atoms with Crippen LogP contribution in [0.4, 0.5) is 14.5 Å². The third kappa shape index (κ3) is 3.00. The number of anilines is 1. The molecule has 0 aliphatic carbocycles. The van der Waals surface area contributed by atoms with E-state index >= 15 is 0 Å². The molecule has 1 amide bonds. The first kappa shape index (κ1) is 12.0. The number of hydrogen-bond donors (Lipinski definition) is 2. The van der Waals surface area contributed by atoms with E-state index in [0.29, 0.717) is 0 Å². The summed E-state index contributed by atoms with van der Waals surface area (Å²) in [5.74, 6) is -1.96. The standard InChI is InChI=1S/C12H9F2N3O/c13-8-5-9(14)7-10(6-8)16-17-12(18)11-3-1-2-4-15-11/h1-7,16H,(H,17,18). The number of aromatic nitrogens is 1. The highest BCUT2D eigenvalue weighted by Crippen LogP contribution is 2.11. The average Bonchev–Trinajstić information content (AvgIpc) is 2.36. The lowest BCUT2D eigenvalue weighted by atomic mass is 10.3. The van der Waals surface area contributed by atoms with Crippen molar-refractivity contribution in [1.29, 1.82) is 0 Å². The highest BCUT2D eigenvalue weighted by atomic mass is 19.1. The number of pyridine rings is 1. The van der Waals surface area contributed by atoms with Crippen LogP contribution in [0.3, 0.4) is 0 Å². The lowest BCUT2D eigenvalue weighted by molar-refractivity contribution is 0.0957. The van der Waals surface area contributed by atoms with Crippen LogP contribution in [-0.2, 0) is 0 Å². The van der Waals surface area contributed by atoms with Gasteiger partial charge in [-0.2, -0.15) is 0 Å². The highest BCUT2D eigenvalue weighted by Gasteiger charge is 2.06. The summed E-state index contributed by atoms with van der Waals surface area (Å²) in [5.41, 5.74) is 4.99. The fourth-order valence-corrected chi connectivity index (χ4v) is 1.32.